The molecule has 2 nitrogen and oxygen atoms in total. The number of ether oxygens (including phenoxy) is 2. The smallest absolute Gasteiger partial charge is 0.158 e. The number of hydrogen-bond donors (Lipinski definition) is 0. The van der Waals surface area contributed by atoms with Gasteiger partial charge in [0.25, 0.3) is 0 Å². The second-order valence-electron chi connectivity index (χ2n) is 5.36. The van der Waals surface area contributed by atoms with Gasteiger partial charge in [0.1, 0.15) is 0 Å². The van der Waals surface area contributed by atoms with E-state index < -0.39 is 8.07 Å². The van der Waals surface area contributed by atoms with E-state index >= 15 is 0 Å². The van der Waals surface area contributed by atoms with Gasteiger partial charge in [0.15, 0.2) is 6.29 Å². The standard InChI is InChI=1S/C12H24O2Si/c1-11(8-10-15(2,3)4)14-12-7-5-6-9-13-12/h8,10-12H,5-7,9H2,1-4H3/b10-8+/t11-,12?/m1/s1. The van der Waals surface area contributed by atoms with E-state index in [-0.39, 0.29) is 12.4 Å². The molecule has 1 rings (SSSR count). The van der Waals surface area contributed by atoms with Gasteiger partial charge in [0, 0.05) is 6.61 Å². The summed E-state index contributed by atoms with van der Waals surface area (Å²) in [6, 6.07) is 0. The quantitative estimate of drug-likeness (QED) is 0.687. The molecule has 0 aromatic carbocycles. The molecule has 1 heterocycles. The predicted octanol–water partition coefficient (Wildman–Crippen LogP) is 3.35. The Labute approximate surface area is 94.7 Å². The Bertz CT molecular complexity index is 202. The molecule has 0 aromatic heterocycles. The zero-order valence-electron chi connectivity index (χ0n) is 10.5. The molecular weight excluding hydrogens is 204 g/mol. The molecule has 1 unspecified atom stereocenters. The van der Waals surface area contributed by atoms with Crippen LogP contribution in [0.15, 0.2) is 11.8 Å². The van der Waals surface area contributed by atoms with Crippen LogP contribution in [0.3, 0.4) is 0 Å². The van der Waals surface area contributed by atoms with Gasteiger partial charge in [0.2, 0.25) is 0 Å². The maximum atomic E-state index is 5.80. The van der Waals surface area contributed by atoms with Crippen LogP contribution < -0.4 is 0 Å². The number of rotatable bonds is 4. The van der Waals surface area contributed by atoms with Crippen molar-refractivity contribution in [1.82, 2.24) is 0 Å². The molecule has 0 aliphatic carbocycles. The van der Waals surface area contributed by atoms with Gasteiger partial charge in [-0.25, -0.2) is 0 Å². The summed E-state index contributed by atoms with van der Waals surface area (Å²) in [4.78, 5) is 0. The Morgan fingerprint density at radius 3 is 2.60 bits per heavy atom. The Kier molecular flexibility index (Phi) is 5.03. The van der Waals surface area contributed by atoms with Crippen molar-refractivity contribution in [3.05, 3.63) is 11.8 Å². The summed E-state index contributed by atoms with van der Waals surface area (Å²) >= 11 is 0. The average Bonchev–Trinajstić information content (AvgIpc) is 2.15. The normalized spacial score (nSPS) is 25.7. The molecule has 2 atom stereocenters. The van der Waals surface area contributed by atoms with Crippen molar-refractivity contribution in [3.8, 4) is 0 Å². The van der Waals surface area contributed by atoms with E-state index in [2.05, 4.69) is 38.3 Å². The highest BCUT2D eigenvalue weighted by molar-refractivity contribution is 6.80. The highest BCUT2D eigenvalue weighted by Gasteiger charge is 2.16. The van der Waals surface area contributed by atoms with Crippen LogP contribution in [0.2, 0.25) is 19.6 Å². The van der Waals surface area contributed by atoms with E-state index in [4.69, 9.17) is 9.47 Å². The topological polar surface area (TPSA) is 18.5 Å². The maximum absolute atomic E-state index is 5.80. The summed E-state index contributed by atoms with van der Waals surface area (Å²) in [5.74, 6) is 0. The molecule has 88 valence electrons. The van der Waals surface area contributed by atoms with Crippen LogP contribution in [0.4, 0.5) is 0 Å². The van der Waals surface area contributed by atoms with Gasteiger partial charge in [-0.15, -0.1) is 0 Å². The molecule has 1 aliphatic heterocycles. The van der Waals surface area contributed by atoms with Crippen LogP contribution in [0.1, 0.15) is 26.2 Å². The molecule has 1 fully saturated rings. The summed E-state index contributed by atoms with van der Waals surface area (Å²) in [6.07, 6.45) is 5.85. The second-order valence-corrected chi connectivity index (χ2v) is 10.4. The Hall–Kier alpha value is -0.123. The van der Waals surface area contributed by atoms with Crippen LogP contribution in [0.25, 0.3) is 0 Å². The van der Waals surface area contributed by atoms with Crippen molar-refractivity contribution in [2.45, 2.75) is 58.2 Å². The highest BCUT2D eigenvalue weighted by atomic mass is 28.3. The Morgan fingerprint density at radius 1 is 1.33 bits per heavy atom. The average molecular weight is 228 g/mol. The van der Waals surface area contributed by atoms with E-state index in [1.54, 1.807) is 0 Å². The van der Waals surface area contributed by atoms with Crippen molar-refractivity contribution >= 4 is 8.07 Å². The van der Waals surface area contributed by atoms with E-state index in [0.717, 1.165) is 13.0 Å². The van der Waals surface area contributed by atoms with Gasteiger partial charge in [-0.2, -0.15) is 0 Å². The van der Waals surface area contributed by atoms with Gasteiger partial charge in [-0.1, -0.05) is 31.4 Å². The van der Waals surface area contributed by atoms with E-state index in [1.807, 2.05) is 0 Å². The summed E-state index contributed by atoms with van der Waals surface area (Å²) in [6.45, 7) is 9.93. The Morgan fingerprint density at radius 2 is 2.07 bits per heavy atom. The van der Waals surface area contributed by atoms with Crippen LogP contribution in [-0.2, 0) is 9.47 Å². The summed E-state index contributed by atoms with van der Waals surface area (Å²) in [7, 11) is -1.09. The first-order valence-electron chi connectivity index (χ1n) is 5.94. The third-order valence-electron chi connectivity index (χ3n) is 2.37. The number of hydrogen-bond acceptors (Lipinski definition) is 2. The minimum atomic E-state index is -1.09. The minimum Gasteiger partial charge on any atom is -0.353 e. The van der Waals surface area contributed by atoms with Crippen LogP contribution in [0.5, 0.6) is 0 Å². The fourth-order valence-corrected chi connectivity index (χ4v) is 2.38. The maximum Gasteiger partial charge on any atom is 0.158 e. The molecule has 1 aliphatic rings. The van der Waals surface area contributed by atoms with E-state index in [9.17, 15) is 0 Å². The molecule has 0 spiro atoms. The monoisotopic (exact) mass is 228 g/mol. The molecular formula is C12H24O2Si. The first kappa shape index (κ1) is 12.9. The molecule has 0 bridgehead atoms. The first-order chi connectivity index (χ1) is 6.97. The molecule has 0 radical (unpaired) electrons. The molecule has 15 heavy (non-hydrogen) atoms. The van der Waals surface area contributed by atoms with E-state index in [0.29, 0.717) is 0 Å². The van der Waals surface area contributed by atoms with Gasteiger partial charge in [-0.05, 0) is 26.2 Å². The fourth-order valence-electron chi connectivity index (χ4n) is 1.53. The zero-order chi connectivity index (χ0) is 11.3. The zero-order valence-corrected chi connectivity index (χ0v) is 11.5. The van der Waals surface area contributed by atoms with Gasteiger partial charge in [-0.3, -0.25) is 0 Å². The lowest BCUT2D eigenvalue weighted by Crippen LogP contribution is -2.26. The molecule has 0 saturated carbocycles. The van der Waals surface area contributed by atoms with Crippen LogP contribution >= 0.6 is 0 Å². The lowest BCUT2D eigenvalue weighted by molar-refractivity contribution is -0.174. The van der Waals surface area contributed by atoms with Gasteiger partial charge < -0.3 is 9.47 Å². The molecule has 1 saturated heterocycles. The summed E-state index contributed by atoms with van der Waals surface area (Å²) in [5.41, 5.74) is 2.33. The van der Waals surface area contributed by atoms with E-state index in [1.165, 1.54) is 12.8 Å². The minimum absolute atomic E-state index is 0.0278. The van der Waals surface area contributed by atoms with Crippen LogP contribution in [0, 0.1) is 0 Å². The first-order valence-corrected chi connectivity index (χ1v) is 9.51. The molecule has 3 heteroatoms. The summed E-state index contributed by atoms with van der Waals surface area (Å²) < 4.78 is 11.3. The van der Waals surface area contributed by atoms with Crippen molar-refractivity contribution in [1.29, 1.82) is 0 Å². The van der Waals surface area contributed by atoms with Gasteiger partial charge in [0.05, 0.1) is 14.2 Å². The van der Waals surface area contributed by atoms with Crippen LogP contribution in [-0.4, -0.2) is 27.1 Å². The third kappa shape index (κ3) is 6.13. The van der Waals surface area contributed by atoms with Crippen molar-refractivity contribution in [2.24, 2.45) is 0 Å². The SMILES string of the molecule is C[C@H](/C=C/[Si](C)(C)C)OC1CCCCO1. The molecule has 0 amide bonds. The largest absolute Gasteiger partial charge is 0.353 e. The molecule has 0 N–H and O–H groups in total. The second kappa shape index (κ2) is 5.82. The van der Waals surface area contributed by atoms with Crippen molar-refractivity contribution in [3.63, 3.8) is 0 Å². The fraction of sp³-hybridized carbons (Fsp3) is 0.833. The molecule has 0 aromatic rings. The van der Waals surface area contributed by atoms with Crippen molar-refractivity contribution in [2.75, 3.05) is 6.61 Å². The summed E-state index contributed by atoms with van der Waals surface area (Å²) in [5, 5.41) is 0. The predicted molar refractivity (Wildman–Crippen MR) is 66.6 cm³/mol. The highest BCUT2D eigenvalue weighted by Crippen LogP contribution is 2.16. The van der Waals surface area contributed by atoms with Gasteiger partial charge >= 0.3 is 0 Å². The third-order valence-corrected chi connectivity index (χ3v) is 3.56. The lowest BCUT2D eigenvalue weighted by Gasteiger charge is -2.25. The van der Waals surface area contributed by atoms with Crippen molar-refractivity contribution < 1.29 is 9.47 Å². The Balaban J connectivity index is 2.28. The lowest BCUT2D eigenvalue weighted by atomic mass is 10.2.